The van der Waals surface area contributed by atoms with Crippen LogP contribution in [0.15, 0.2) is 55.0 Å². The predicted molar refractivity (Wildman–Crippen MR) is 127 cm³/mol. The van der Waals surface area contributed by atoms with E-state index in [1.807, 2.05) is 30.3 Å². The highest BCUT2D eigenvalue weighted by molar-refractivity contribution is 6.30. The van der Waals surface area contributed by atoms with Crippen LogP contribution in [0.25, 0.3) is 22.2 Å². The Balaban J connectivity index is 1.52. The van der Waals surface area contributed by atoms with Gasteiger partial charge in [0.25, 0.3) is 0 Å². The zero-order valence-corrected chi connectivity index (χ0v) is 18.8. The summed E-state index contributed by atoms with van der Waals surface area (Å²) in [6, 6.07) is 12.9. The lowest BCUT2D eigenvalue weighted by atomic mass is 9.99. The monoisotopic (exact) mass is 464 g/mol. The van der Waals surface area contributed by atoms with Crippen LogP contribution in [-0.4, -0.2) is 48.4 Å². The van der Waals surface area contributed by atoms with Gasteiger partial charge >= 0.3 is 0 Å². The fourth-order valence-electron chi connectivity index (χ4n) is 4.07. The normalized spacial score (nSPS) is 14.0. The highest BCUT2D eigenvalue weighted by Crippen LogP contribution is 2.32. The molecule has 0 spiro atoms. The number of benzene rings is 2. The minimum atomic E-state index is -0.342. The molecular formula is C25H22ClFN4O2. The third-order valence-electron chi connectivity index (χ3n) is 5.80. The van der Waals surface area contributed by atoms with E-state index in [1.165, 1.54) is 12.4 Å². The Kier molecular flexibility index (Phi) is 6.07. The van der Waals surface area contributed by atoms with E-state index in [1.54, 1.807) is 19.4 Å². The van der Waals surface area contributed by atoms with Crippen LogP contribution in [0.4, 0.5) is 10.1 Å². The molecule has 5 rings (SSSR count). The average Bonchev–Trinajstić information content (AvgIpc) is 2.86. The number of morpholine rings is 1. The molecule has 0 unspecified atom stereocenters. The van der Waals surface area contributed by atoms with Crippen molar-refractivity contribution in [3.8, 4) is 17.0 Å². The minimum Gasteiger partial charge on any atom is -0.495 e. The summed E-state index contributed by atoms with van der Waals surface area (Å²) in [6.45, 7) is 3.08. The zero-order chi connectivity index (χ0) is 22.8. The number of halogens is 2. The molecule has 4 aromatic rings. The molecule has 0 radical (unpaired) electrons. The van der Waals surface area contributed by atoms with Gasteiger partial charge in [-0.3, -0.25) is 0 Å². The van der Waals surface area contributed by atoms with Crippen molar-refractivity contribution in [3.63, 3.8) is 0 Å². The molecule has 8 heteroatoms. The largest absolute Gasteiger partial charge is 0.495 e. The lowest BCUT2D eigenvalue weighted by Gasteiger charge is -2.29. The summed E-state index contributed by atoms with van der Waals surface area (Å²) in [5.41, 5.74) is 4.52. The van der Waals surface area contributed by atoms with E-state index in [2.05, 4.69) is 19.9 Å². The lowest BCUT2D eigenvalue weighted by Crippen LogP contribution is -2.36. The lowest BCUT2D eigenvalue weighted by molar-refractivity contribution is 0.122. The number of pyridine rings is 1. The molecule has 0 atom stereocenters. The first-order chi connectivity index (χ1) is 16.1. The van der Waals surface area contributed by atoms with Gasteiger partial charge in [-0.2, -0.15) is 0 Å². The molecule has 0 saturated carbocycles. The number of aromatic nitrogens is 3. The van der Waals surface area contributed by atoms with Crippen LogP contribution in [0.3, 0.4) is 0 Å². The Labute approximate surface area is 196 Å². The maximum atomic E-state index is 14.9. The van der Waals surface area contributed by atoms with Gasteiger partial charge in [0.2, 0.25) is 0 Å². The van der Waals surface area contributed by atoms with Gasteiger partial charge in [0, 0.05) is 36.1 Å². The second-order valence-electron chi connectivity index (χ2n) is 7.84. The van der Waals surface area contributed by atoms with Crippen LogP contribution in [0.2, 0.25) is 5.15 Å². The number of methoxy groups -OCH3 is 1. The number of ether oxygens (including phenoxy) is 2. The SMILES string of the molecule is COc1cnc(Cl)c(Cc2ccc(F)c(-c3ncnc4cc(N5CCOCC5)ccc34)c2)c1. The molecule has 1 aliphatic heterocycles. The third-order valence-corrected chi connectivity index (χ3v) is 6.14. The van der Waals surface area contributed by atoms with E-state index in [9.17, 15) is 4.39 Å². The number of hydrogen-bond donors (Lipinski definition) is 0. The molecule has 33 heavy (non-hydrogen) atoms. The van der Waals surface area contributed by atoms with E-state index in [0.717, 1.165) is 40.8 Å². The number of fused-ring (bicyclic) bond motifs is 1. The van der Waals surface area contributed by atoms with Gasteiger partial charge < -0.3 is 14.4 Å². The quantitative estimate of drug-likeness (QED) is 0.391. The van der Waals surface area contributed by atoms with Crippen LogP contribution in [0.1, 0.15) is 11.1 Å². The van der Waals surface area contributed by atoms with Crippen molar-refractivity contribution < 1.29 is 13.9 Å². The molecule has 0 amide bonds. The average molecular weight is 465 g/mol. The van der Waals surface area contributed by atoms with Crippen molar-refractivity contribution in [1.82, 2.24) is 15.0 Å². The summed E-state index contributed by atoms with van der Waals surface area (Å²) in [4.78, 5) is 15.3. The Morgan fingerprint density at radius 1 is 1.06 bits per heavy atom. The maximum Gasteiger partial charge on any atom is 0.137 e. The summed E-state index contributed by atoms with van der Waals surface area (Å²) in [5.74, 6) is 0.278. The van der Waals surface area contributed by atoms with Crippen molar-refractivity contribution in [2.24, 2.45) is 0 Å². The van der Waals surface area contributed by atoms with Crippen molar-refractivity contribution in [3.05, 3.63) is 77.1 Å². The molecule has 6 nitrogen and oxygen atoms in total. The van der Waals surface area contributed by atoms with Crippen molar-refractivity contribution >= 4 is 28.2 Å². The molecule has 1 saturated heterocycles. The Hall–Kier alpha value is -3.29. The first kappa shape index (κ1) is 21.6. The van der Waals surface area contributed by atoms with E-state index in [4.69, 9.17) is 21.1 Å². The predicted octanol–water partition coefficient (Wildman–Crippen LogP) is 4.92. The maximum absolute atomic E-state index is 14.9. The van der Waals surface area contributed by atoms with Crippen LogP contribution in [0.5, 0.6) is 5.75 Å². The van der Waals surface area contributed by atoms with Gasteiger partial charge in [-0.15, -0.1) is 0 Å². The molecule has 0 N–H and O–H groups in total. The van der Waals surface area contributed by atoms with Gasteiger partial charge in [0.05, 0.1) is 37.7 Å². The van der Waals surface area contributed by atoms with Crippen LogP contribution >= 0.6 is 11.6 Å². The number of hydrogen-bond acceptors (Lipinski definition) is 6. The second kappa shape index (κ2) is 9.29. The molecule has 168 valence electrons. The van der Waals surface area contributed by atoms with E-state index in [0.29, 0.717) is 41.8 Å². The first-order valence-corrected chi connectivity index (χ1v) is 11.0. The Bertz CT molecular complexity index is 1310. The van der Waals surface area contributed by atoms with Crippen LogP contribution < -0.4 is 9.64 Å². The summed E-state index contributed by atoms with van der Waals surface area (Å²) < 4.78 is 25.6. The fourth-order valence-corrected chi connectivity index (χ4v) is 4.24. The van der Waals surface area contributed by atoms with Gasteiger partial charge in [-0.05, 0) is 47.5 Å². The number of nitrogens with zero attached hydrogens (tertiary/aromatic N) is 4. The molecule has 1 fully saturated rings. The zero-order valence-electron chi connectivity index (χ0n) is 18.1. The van der Waals surface area contributed by atoms with Crippen LogP contribution in [-0.2, 0) is 11.2 Å². The van der Waals surface area contributed by atoms with Gasteiger partial charge in [0.1, 0.15) is 23.0 Å². The van der Waals surface area contributed by atoms with E-state index in [-0.39, 0.29) is 5.82 Å². The molecule has 2 aromatic carbocycles. The highest BCUT2D eigenvalue weighted by Gasteiger charge is 2.16. The first-order valence-electron chi connectivity index (χ1n) is 10.7. The second-order valence-corrected chi connectivity index (χ2v) is 8.20. The topological polar surface area (TPSA) is 60.4 Å². The minimum absolute atomic E-state index is 0.342. The van der Waals surface area contributed by atoms with Crippen molar-refractivity contribution in [1.29, 1.82) is 0 Å². The molecule has 3 heterocycles. The standard InChI is InChI=1S/C25H22ClFN4O2/c1-32-19-12-17(25(26)28-14-19)10-16-2-5-22(27)21(11-16)24-20-4-3-18(13-23(20)29-15-30-24)31-6-8-33-9-7-31/h2-5,11-15H,6-10H2,1H3. The number of rotatable bonds is 5. The van der Waals surface area contributed by atoms with Gasteiger partial charge in [0.15, 0.2) is 0 Å². The van der Waals surface area contributed by atoms with E-state index >= 15 is 0 Å². The summed E-state index contributed by atoms with van der Waals surface area (Å²) in [5, 5.41) is 1.19. The Morgan fingerprint density at radius 2 is 1.91 bits per heavy atom. The molecular weight excluding hydrogens is 443 g/mol. The molecule has 0 bridgehead atoms. The van der Waals surface area contributed by atoms with Gasteiger partial charge in [-0.1, -0.05) is 17.7 Å². The van der Waals surface area contributed by atoms with Crippen molar-refractivity contribution in [2.75, 3.05) is 38.3 Å². The van der Waals surface area contributed by atoms with Crippen molar-refractivity contribution in [2.45, 2.75) is 6.42 Å². The summed E-state index contributed by atoms with van der Waals surface area (Å²) in [7, 11) is 1.58. The highest BCUT2D eigenvalue weighted by atomic mass is 35.5. The molecule has 2 aromatic heterocycles. The Morgan fingerprint density at radius 3 is 2.73 bits per heavy atom. The third kappa shape index (κ3) is 4.47. The van der Waals surface area contributed by atoms with Gasteiger partial charge in [-0.25, -0.2) is 19.3 Å². The smallest absolute Gasteiger partial charge is 0.137 e. The fraction of sp³-hybridized carbons (Fsp3) is 0.240. The molecule has 1 aliphatic rings. The number of anilines is 1. The summed E-state index contributed by atoms with van der Waals surface area (Å²) in [6.07, 6.45) is 3.54. The molecule has 0 aliphatic carbocycles. The summed E-state index contributed by atoms with van der Waals surface area (Å²) >= 11 is 6.27. The van der Waals surface area contributed by atoms with Crippen LogP contribution in [0, 0.1) is 5.82 Å². The van der Waals surface area contributed by atoms with E-state index < -0.39 is 0 Å².